The number of carbonyl (C=O) groups is 1. The number of hydrogen-bond acceptors (Lipinski definition) is 4. The van der Waals surface area contributed by atoms with Crippen LogP contribution in [-0.4, -0.2) is 22.7 Å². The molecule has 112 valence electrons. The van der Waals surface area contributed by atoms with E-state index in [0.717, 1.165) is 21.9 Å². The number of hydrogen-bond donors (Lipinski definition) is 1. The van der Waals surface area contributed by atoms with E-state index >= 15 is 0 Å². The summed E-state index contributed by atoms with van der Waals surface area (Å²) < 4.78 is 5.75. The molecule has 0 aliphatic heterocycles. The van der Waals surface area contributed by atoms with Gasteiger partial charge in [0, 0.05) is 5.56 Å². The van der Waals surface area contributed by atoms with Gasteiger partial charge in [-0.1, -0.05) is 13.8 Å². The molecule has 0 spiro atoms. The van der Waals surface area contributed by atoms with Crippen LogP contribution in [0.4, 0.5) is 0 Å². The minimum Gasteiger partial charge on any atom is -0.493 e. The van der Waals surface area contributed by atoms with E-state index in [1.54, 1.807) is 6.92 Å². The molecule has 0 unspecified atom stereocenters. The first-order chi connectivity index (χ1) is 9.88. The number of ether oxygens (including phenoxy) is 1. The van der Waals surface area contributed by atoms with Gasteiger partial charge in [-0.15, -0.1) is 11.3 Å². The molecule has 2 aromatic rings. The molecule has 2 rings (SSSR count). The standard InChI is InChI=1S/C16H19NO3S/c1-9(2)8-20-13-6-5-12(7-10(13)3)15-17-11(4)14(21-15)16(18)19/h5-7,9H,8H2,1-4H3,(H,18,19). The molecule has 0 fully saturated rings. The Morgan fingerprint density at radius 2 is 2.10 bits per heavy atom. The first-order valence-corrected chi connectivity index (χ1v) is 7.64. The van der Waals surface area contributed by atoms with Gasteiger partial charge in [-0.05, 0) is 43.5 Å². The van der Waals surface area contributed by atoms with Crippen molar-refractivity contribution in [2.45, 2.75) is 27.7 Å². The Bertz CT molecular complexity index is 662. The van der Waals surface area contributed by atoms with Gasteiger partial charge in [-0.25, -0.2) is 9.78 Å². The predicted octanol–water partition coefficient (Wildman–Crippen LogP) is 4.16. The molecule has 0 aliphatic rings. The Hall–Kier alpha value is -1.88. The summed E-state index contributed by atoms with van der Waals surface area (Å²) in [6, 6.07) is 5.83. The largest absolute Gasteiger partial charge is 0.493 e. The zero-order chi connectivity index (χ0) is 15.6. The zero-order valence-corrected chi connectivity index (χ0v) is 13.5. The number of carboxylic acid groups (broad SMARTS) is 1. The fraction of sp³-hybridized carbons (Fsp3) is 0.375. The quantitative estimate of drug-likeness (QED) is 0.901. The van der Waals surface area contributed by atoms with Crippen LogP contribution in [0, 0.1) is 19.8 Å². The van der Waals surface area contributed by atoms with Crippen LogP contribution in [0.2, 0.25) is 0 Å². The van der Waals surface area contributed by atoms with Gasteiger partial charge < -0.3 is 9.84 Å². The van der Waals surface area contributed by atoms with Gasteiger partial charge in [0.05, 0.1) is 12.3 Å². The number of rotatable bonds is 5. The molecule has 0 amide bonds. The molecule has 4 nitrogen and oxygen atoms in total. The summed E-state index contributed by atoms with van der Waals surface area (Å²) in [5.41, 5.74) is 2.50. The van der Waals surface area contributed by atoms with E-state index in [2.05, 4.69) is 18.8 Å². The van der Waals surface area contributed by atoms with E-state index in [-0.39, 0.29) is 0 Å². The van der Waals surface area contributed by atoms with Gasteiger partial charge in [0.25, 0.3) is 0 Å². The molecule has 1 N–H and O–H groups in total. The van der Waals surface area contributed by atoms with Gasteiger partial charge >= 0.3 is 5.97 Å². The van der Waals surface area contributed by atoms with Crippen molar-refractivity contribution in [3.63, 3.8) is 0 Å². The highest BCUT2D eigenvalue weighted by Crippen LogP contribution is 2.31. The lowest BCUT2D eigenvalue weighted by Crippen LogP contribution is -2.05. The average Bonchev–Trinajstić information content (AvgIpc) is 2.79. The molecule has 1 heterocycles. The highest BCUT2D eigenvalue weighted by atomic mass is 32.1. The normalized spacial score (nSPS) is 10.9. The lowest BCUT2D eigenvalue weighted by atomic mass is 10.1. The summed E-state index contributed by atoms with van der Waals surface area (Å²) in [5, 5.41) is 9.82. The second-order valence-electron chi connectivity index (χ2n) is 5.42. The molecular weight excluding hydrogens is 286 g/mol. The van der Waals surface area contributed by atoms with E-state index in [4.69, 9.17) is 9.84 Å². The minimum absolute atomic E-state index is 0.294. The van der Waals surface area contributed by atoms with Gasteiger partial charge in [-0.3, -0.25) is 0 Å². The summed E-state index contributed by atoms with van der Waals surface area (Å²) >= 11 is 1.20. The maximum Gasteiger partial charge on any atom is 0.347 e. The Balaban J connectivity index is 2.27. The third-order valence-corrected chi connectivity index (χ3v) is 4.18. The number of aromatic carboxylic acids is 1. The molecule has 0 saturated carbocycles. The summed E-state index contributed by atoms with van der Waals surface area (Å²) in [4.78, 5) is 15.7. The van der Waals surface area contributed by atoms with Crippen molar-refractivity contribution in [2.24, 2.45) is 5.92 Å². The van der Waals surface area contributed by atoms with Gasteiger partial charge in [0.1, 0.15) is 15.6 Å². The van der Waals surface area contributed by atoms with Crippen molar-refractivity contribution < 1.29 is 14.6 Å². The van der Waals surface area contributed by atoms with Gasteiger partial charge in [0.2, 0.25) is 0 Å². The molecule has 0 radical (unpaired) electrons. The summed E-state index contributed by atoms with van der Waals surface area (Å²) in [6.45, 7) is 8.60. The fourth-order valence-corrected chi connectivity index (χ4v) is 2.82. The molecular formula is C16H19NO3S. The average molecular weight is 305 g/mol. The fourth-order valence-electron chi connectivity index (χ4n) is 1.92. The van der Waals surface area contributed by atoms with E-state index < -0.39 is 5.97 Å². The molecule has 21 heavy (non-hydrogen) atoms. The Morgan fingerprint density at radius 3 is 2.62 bits per heavy atom. The number of benzene rings is 1. The van der Waals surface area contributed by atoms with Crippen molar-refractivity contribution in [3.05, 3.63) is 34.3 Å². The predicted molar refractivity (Wildman–Crippen MR) is 84.3 cm³/mol. The van der Waals surface area contributed by atoms with Crippen LogP contribution in [-0.2, 0) is 0 Å². The van der Waals surface area contributed by atoms with Crippen molar-refractivity contribution in [2.75, 3.05) is 6.61 Å². The third-order valence-electron chi connectivity index (χ3n) is 2.98. The molecule has 1 aromatic carbocycles. The summed E-state index contributed by atoms with van der Waals surface area (Å²) in [6.07, 6.45) is 0. The topological polar surface area (TPSA) is 59.4 Å². The molecule has 0 atom stereocenters. The Kier molecular flexibility index (Phi) is 4.63. The van der Waals surface area contributed by atoms with Crippen molar-refractivity contribution in [1.82, 2.24) is 4.98 Å². The van der Waals surface area contributed by atoms with Crippen LogP contribution in [0.5, 0.6) is 5.75 Å². The maximum absolute atomic E-state index is 11.1. The number of nitrogens with zero attached hydrogens (tertiary/aromatic N) is 1. The van der Waals surface area contributed by atoms with E-state index in [1.165, 1.54) is 11.3 Å². The monoisotopic (exact) mass is 305 g/mol. The van der Waals surface area contributed by atoms with Gasteiger partial charge in [-0.2, -0.15) is 0 Å². The van der Waals surface area contributed by atoms with Crippen LogP contribution < -0.4 is 4.74 Å². The van der Waals surface area contributed by atoms with Gasteiger partial charge in [0.15, 0.2) is 0 Å². The van der Waals surface area contributed by atoms with Crippen LogP contribution in [0.1, 0.15) is 34.8 Å². The summed E-state index contributed by atoms with van der Waals surface area (Å²) in [7, 11) is 0. The van der Waals surface area contributed by atoms with Crippen molar-refractivity contribution in [1.29, 1.82) is 0 Å². The molecule has 0 bridgehead atoms. The van der Waals surface area contributed by atoms with Crippen LogP contribution in [0.25, 0.3) is 10.6 Å². The zero-order valence-electron chi connectivity index (χ0n) is 12.6. The van der Waals surface area contributed by atoms with E-state index in [1.807, 2.05) is 25.1 Å². The van der Waals surface area contributed by atoms with Crippen molar-refractivity contribution in [3.8, 4) is 16.3 Å². The Morgan fingerprint density at radius 1 is 1.38 bits per heavy atom. The minimum atomic E-state index is -0.926. The number of aryl methyl sites for hydroxylation is 2. The molecule has 0 saturated heterocycles. The van der Waals surface area contributed by atoms with E-state index in [9.17, 15) is 4.79 Å². The highest BCUT2D eigenvalue weighted by Gasteiger charge is 2.15. The first-order valence-electron chi connectivity index (χ1n) is 6.83. The smallest absolute Gasteiger partial charge is 0.347 e. The molecule has 1 aromatic heterocycles. The third kappa shape index (κ3) is 3.61. The molecule has 5 heteroatoms. The number of thiazole rings is 1. The first kappa shape index (κ1) is 15.5. The number of carboxylic acids is 1. The van der Waals surface area contributed by atoms with Crippen LogP contribution >= 0.6 is 11.3 Å². The van der Waals surface area contributed by atoms with Crippen LogP contribution in [0.3, 0.4) is 0 Å². The second-order valence-corrected chi connectivity index (χ2v) is 6.42. The van der Waals surface area contributed by atoms with Crippen molar-refractivity contribution >= 4 is 17.3 Å². The number of aromatic nitrogens is 1. The maximum atomic E-state index is 11.1. The second kappa shape index (κ2) is 6.26. The van der Waals surface area contributed by atoms with E-state index in [0.29, 0.717) is 23.1 Å². The summed E-state index contributed by atoms with van der Waals surface area (Å²) in [5.74, 6) is 0.410. The SMILES string of the molecule is Cc1cc(-c2nc(C)c(C(=O)O)s2)ccc1OCC(C)C. The van der Waals surface area contributed by atoms with Crippen LogP contribution in [0.15, 0.2) is 18.2 Å². The highest BCUT2D eigenvalue weighted by molar-refractivity contribution is 7.17. The Labute approximate surface area is 128 Å². The lowest BCUT2D eigenvalue weighted by molar-refractivity contribution is 0.0701. The molecule has 0 aliphatic carbocycles. The lowest BCUT2D eigenvalue weighted by Gasteiger charge is -2.11.